The van der Waals surface area contributed by atoms with Crippen molar-refractivity contribution in [2.45, 2.75) is 13.8 Å². The van der Waals surface area contributed by atoms with Gasteiger partial charge < -0.3 is 4.74 Å². The summed E-state index contributed by atoms with van der Waals surface area (Å²) in [6.07, 6.45) is 7.56. The van der Waals surface area contributed by atoms with Gasteiger partial charge in [-0.15, -0.1) is 5.10 Å². The zero-order valence-corrected chi connectivity index (χ0v) is 22.5. The summed E-state index contributed by atoms with van der Waals surface area (Å²) in [5, 5.41) is 9.36. The lowest BCUT2D eigenvalue weighted by molar-refractivity contribution is 0.415. The van der Waals surface area contributed by atoms with Crippen LogP contribution in [0, 0.1) is 13.8 Å². The Morgan fingerprint density at radius 3 is 2.46 bits per heavy atom. The van der Waals surface area contributed by atoms with Crippen molar-refractivity contribution in [3.63, 3.8) is 0 Å². The summed E-state index contributed by atoms with van der Waals surface area (Å²) < 4.78 is 8.97. The fraction of sp³-hybridized carbons (Fsp3) is 0.0968. The highest BCUT2D eigenvalue weighted by atomic mass is 32.1. The third-order valence-corrected chi connectivity index (χ3v) is 7.40. The van der Waals surface area contributed by atoms with E-state index in [9.17, 15) is 4.79 Å². The molecule has 0 aliphatic rings. The van der Waals surface area contributed by atoms with Crippen LogP contribution in [0.15, 0.2) is 83.8 Å². The molecule has 0 spiro atoms. The highest BCUT2D eigenvalue weighted by Gasteiger charge is 2.15. The van der Waals surface area contributed by atoms with E-state index in [0.29, 0.717) is 15.3 Å². The van der Waals surface area contributed by atoms with Crippen LogP contribution < -0.4 is 14.8 Å². The first kappa shape index (κ1) is 24.5. The molecule has 0 saturated heterocycles. The summed E-state index contributed by atoms with van der Waals surface area (Å²) in [5.74, 6) is 1.27. The highest BCUT2D eigenvalue weighted by Crippen LogP contribution is 2.28. The van der Waals surface area contributed by atoms with Crippen molar-refractivity contribution in [3.8, 4) is 22.7 Å². The minimum absolute atomic E-state index is 0.203. The van der Waals surface area contributed by atoms with Crippen LogP contribution in [-0.2, 0) is 0 Å². The number of methoxy groups -OCH3 is 1. The summed E-state index contributed by atoms with van der Waals surface area (Å²) >= 11 is 1.32. The average molecular weight is 532 g/mol. The van der Waals surface area contributed by atoms with Gasteiger partial charge in [-0.25, -0.2) is 4.68 Å². The number of hydrogen-bond donors (Lipinski definition) is 0. The van der Waals surface area contributed by atoms with Crippen molar-refractivity contribution >= 4 is 34.5 Å². The van der Waals surface area contributed by atoms with Gasteiger partial charge in [0.2, 0.25) is 4.96 Å². The quantitative estimate of drug-likeness (QED) is 0.290. The molecule has 0 aliphatic carbocycles. The third-order valence-electron chi connectivity index (χ3n) is 6.44. The predicted octanol–water partition coefficient (Wildman–Crippen LogP) is 5.35. The van der Waals surface area contributed by atoms with Gasteiger partial charge in [-0.05, 0) is 67.5 Å². The van der Waals surface area contributed by atoms with Crippen molar-refractivity contribution in [1.29, 1.82) is 0 Å². The molecule has 192 valence electrons. The van der Waals surface area contributed by atoms with Gasteiger partial charge in [-0.1, -0.05) is 65.4 Å². The minimum atomic E-state index is -0.203. The maximum atomic E-state index is 13.3. The summed E-state index contributed by atoms with van der Waals surface area (Å²) in [6.45, 7) is 4.14. The first-order valence-electron chi connectivity index (χ1n) is 12.4. The molecule has 6 rings (SSSR count). The Kier molecular flexibility index (Phi) is 6.38. The van der Waals surface area contributed by atoms with E-state index >= 15 is 0 Å². The van der Waals surface area contributed by atoms with Gasteiger partial charge in [-0.2, -0.15) is 14.6 Å². The molecule has 0 amide bonds. The molecule has 3 heterocycles. The lowest BCUT2D eigenvalue weighted by atomic mass is 10.0. The van der Waals surface area contributed by atoms with E-state index in [4.69, 9.17) is 9.84 Å². The Labute approximate surface area is 229 Å². The van der Waals surface area contributed by atoms with Gasteiger partial charge in [-0.3, -0.25) is 4.79 Å². The monoisotopic (exact) mass is 531 g/mol. The van der Waals surface area contributed by atoms with Crippen molar-refractivity contribution in [3.05, 3.63) is 122 Å². The number of thiazole rings is 1. The van der Waals surface area contributed by atoms with E-state index in [1.807, 2.05) is 77.6 Å². The first-order chi connectivity index (χ1) is 19.0. The molecule has 0 fully saturated rings. The number of aryl methyl sites for hydroxylation is 2. The zero-order valence-electron chi connectivity index (χ0n) is 21.7. The summed E-state index contributed by atoms with van der Waals surface area (Å²) in [7, 11) is 1.64. The topological polar surface area (TPSA) is 74.3 Å². The Morgan fingerprint density at radius 2 is 1.72 bits per heavy atom. The molecular formula is C31H25N5O2S. The molecule has 0 atom stereocenters. The van der Waals surface area contributed by atoms with E-state index in [0.717, 1.165) is 44.9 Å². The van der Waals surface area contributed by atoms with Crippen LogP contribution in [0.4, 0.5) is 0 Å². The number of rotatable bonds is 6. The standard InChI is InChI=1S/C31H25N5O2S/c1-20-9-10-21(2)26(17-20)29-23(19-35(34-29)24-7-5-4-6-8-24)18-27-30(37)36-31(39-27)32-28(33-36)16-13-22-11-14-25(38-3)15-12-22/h4-19H,1-3H3/b16-13+,27-18-. The number of fused-ring (bicyclic) bond motifs is 1. The number of benzene rings is 3. The molecule has 0 aliphatic heterocycles. The van der Waals surface area contributed by atoms with Crippen LogP contribution in [0.25, 0.3) is 40.1 Å². The van der Waals surface area contributed by atoms with Gasteiger partial charge in [0.15, 0.2) is 5.82 Å². The number of ether oxygens (including phenoxy) is 1. The zero-order chi connectivity index (χ0) is 26.9. The Hall–Kier alpha value is -4.82. The fourth-order valence-corrected chi connectivity index (χ4v) is 5.26. The molecule has 0 radical (unpaired) electrons. The maximum Gasteiger partial charge on any atom is 0.291 e. The Balaban J connectivity index is 1.41. The van der Waals surface area contributed by atoms with E-state index in [1.54, 1.807) is 13.2 Å². The molecule has 0 saturated carbocycles. The molecule has 6 aromatic rings. The second-order valence-electron chi connectivity index (χ2n) is 9.22. The molecular weight excluding hydrogens is 506 g/mol. The number of nitrogens with zero attached hydrogens (tertiary/aromatic N) is 5. The largest absolute Gasteiger partial charge is 0.497 e. The second kappa shape index (κ2) is 10.2. The van der Waals surface area contributed by atoms with Crippen molar-refractivity contribution < 1.29 is 4.74 Å². The van der Waals surface area contributed by atoms with Crippen LogP contribution in [-0.4, -0.2) is 31.5 Å². The Bertz CT molecular complexity index is 1930. The lowest BCUT2D eigenvalue weighted by Gasteiger charge is -2.05. The van der Waals surface area contributed by atoms with Gasteiger partial charge in [0.1, 0.15) is 11.4 Å². The molecule has 0 unspecified atom stereocenters. The number of aromatic nitrogens is 5. The smallest absolute Gasteiger partial charge is 0.291 e. The average Bonchev–Trinajstić information content (AvgIpc) is 3.64. The molecule has 0 N–H and O–H groups in total. The summed E-state index contributed by atoms with van der Waals surface area (Å²) in [5.41, 5.74) is 6.71. The molecule has 3 aromatic carbocycles. The van der Waals surface area contributed by atoms with Crippen LogP contribution in [0.1, 0.15) is 28.1 Å². The molecule has 0 bridgehead atoms. The van der Waals surface area contributed by atoms with E-state index in [1.165, 1.54) is 15.9 Å². The molecule has 8 heteroatoms. The van der Waals surface area contributed by atoms with Gasteiger partial charge in [0, 0.05) is 17.3 Å². The van der Waals surface area contributed by atoms with Gasteiger partial charge in [0.25, 0.3) is 5.56 Å². The van der Waals surface area contributed by atoms with Crippen molar-refractivity contribution in [1.82, 2.24) is 24.4 Å². The van der Waals surface area contributed by atoms with Crippen molar-refractivity contribution in [2.24, 2.45) is 0 Å². The third kappa shape index (κ3) is 4.89. The van der Waals surface area contributed by atoms with Gasteiger partial charge in [0.05, 0.1) is 17.3 Å². The summed E-state index contributed by atoms with van der Waals surface area (Å²) in [4.78, 5) is 18.4. The highest BCUT2D eigenvalue weighted by molar-refractivity contribution is 7.15. The van der Waals surface area contributed by atoms with Crippen LogP contribution in [0.5, 0.6) is 5.75 Å². The minimum Gasteiger partial charge on any atom is -0.497 e. The van der Waals surface area contributed by atoms with Crippen LogP contribution in [0.2, 0.25) is 0 Å². The molecule has 3 aromatic heterocycles. The molecule has 39 heavy (non-hydrogen) atoms. The van der Waals surface area contributed by atoms with E-state index in [2.05, 4.69) is 42.1 Å². The number of para-hydroxylation sites is 1. The van der Waals surface area contributed by atoms with E-state index < -0.39 is 0 Å². The second-order valence-corrected chi connectivity index (χ2v) is 10.2. The number of hydrogen-bond acceptors (Lipinski definition) is 6. The van der Waals surface area contributed by atoms with Gasteiger partial charge >= 0.3 is 0 Å². The van der Waals surface area contributed by atoms with E-state index in [-0.39, 0.29) is 5.56 Å². The fourth-order valence-electron chi connectivity index (χ4n) is 4.35. The molecule has 7 nitrogen and oxygen atoms in total. The normalized spacial score (nSPS) is 12.1. The Morgan fingerprint density at radius 1 is 0.923 bits per heavy atom. The van der Waals surface area contributed by atoms with Crippen molar-refractivity contribution in [2.75, 3.05) is 7.11 Å². The SMILES string of the molecule is COc1ccc(/C=C/c2nc3s/c(=C\c4cn(-c5ccccc5)nc4-c4cc(C)ccc4C)c(=O)n3n2)cc1. The van der Waals surface area contributed by atoms with Crippen LogP contribution >= 0.6 is 11.3 Å². The predicted molar refractivity (Wildman–Crippen MR) is 156 cm³/mol. The summed E-state index contributed by atoms with van der Waals surface area (Å²) in [6, 6.07) is 23.9. The first-order valence-corrected chi connectivity index (χ1v) is 13.3. The maximum absolute atomic E-state index is 13.3. The lowest BCUT2D eigenvalue weighted by Crippen LogP contribution is -2.23. The van der Waals surface area contributed by atoms with Crippen LogP contribution in [0.3, 0.4) is 0 Å².